The molecule has 0 radical (unpaired) electrons. The molecule has 0 saturated carbocycles. The van der Waals surface area contributed by atoms with Crippen molar-refractivity contribution in [1.82, 2.24) is 9.80 Å². The van der Waals surface area contributed by atoms with E-state index in [1.54, 1.807) is 43.3 Å². The molecule has 5 nitrogen and oxygen atoms in total. The van der Waals surface area contributed by atoms with E-state index in [2.05, 4.69) is 11.8 Å². The molecule has 178 valence electrons. The summed E-state index contributed by atoms with van der Waals surface area (Å²) < 4.78 is 38.8. The Hall–Kier alpha value is -2.25. The highest BCUT2D eigenvalue weighted by molar-refractivity contribution is 7.91. The smallest absolute Gasteiger partial charge is 0.233 e. The summed E-state index contributed by atoms with van der Waals surface area (Å²) in [6, 6.07) is 7.21. The van der Waals surface area contributed by atoms with Crippen molar-refractivity contribution in [2.75, 3.05) is 25.4 Å². The van der Waals surface area contributed by atoms with Gasteiger partial charge in [0.2, 0.25) is 5.91 Å². The number of nitrogens with zero attached hydrogens (tertiary/aromatic N) is 2. The van der Waals surface area contributed by atoms with Gasteiger partial charge in [0.1, 0.15) is 5.83 Å². The van der Waals surface area contributed by atoms with Crippen LogP contribution in [0.25, 0.3) is 5.57 Å². The van der Waals surface area contributed by atoms with E-state index in [0.717, 1.165) is 32.5 Å². The van der Waals surface area contributed by atoms with E-state index < -0.39 is 21.6 Å². The van der Waals surface area contributed by atoms with Crippen LogP contribution < -0.4 is 0 Å². The van der Waals surface area contributed by atoms with Crippen LogP contribution in [0.2, 0.25) is 0 Å². The van der Waals surface area contributed by atoms with Gasteiger partial charge in [0.15, 0.2) is 9.84 Å². The summed E-state index contributed by atoms with van der Waals surface area (Å²) in [6.45, 7) is 6.56. The fourth-order valence-corrected chi connectivity index (χ4v) is 5.96. The summed E-state index contributed by atoms with van der Waals surface area (Å²) in [7, 11) is -3.29. The van der Waals surface area contributed by atoms with E-state index >= 15 is 0 Å². The van der Waals surface area contributed by atoms with Gasteiger partial charge in [-0.25, -0.2) is 12.8 Å². The third-order valence-electron chi connectivity index (χ3n) is 7.12. The molecule has 1 aromatic carbocycles. The molecule has 0 bridgehead atoms. The zero-order chi connectivity index (χ0) is 23.6. The molecule has 3 atom stereocenters. The fourth-order valence-electron chi connectivity index (χ4n) is 5.08. The Balaban J connectivity index is 1.48. The summed E-state index contributed by atoms with van der Waals surface area (Å²) in [5.74, 6) is -1.11. The van der Waals surface area contributed by atoms with Crippen LogP contribution in [0.3, 0.4) is 0 Å². The molecule has 0 N–H and O–H groups in total. The van der Waals surface area contributed by atoms with Gasteiger partial charge in [-0.3, -0.25) is 9.69 Å². The molecule has 7 heteroatoms. The molecular weight excluding hydrogens is 439 g/mol. The number of likely N-dealkylation sites (tertiary alicyclic amines) is 2. The second-order valence-electron chi connectivity index (χ2n) is 9.28. The van der Waals surface area contributed by atoms with Gasteiger partial charge < -0.3 is 4.90 Å². The number of hydrogen-bond acceptors (Lipinski definition) is 4. The van der Waals surface area contributed by atoms with Crippen molar-refractivity contribution < 1.29 is 17.6 Å². The number of halogens is 1. The summed E-state index contributed by atoms with van der Waals surface area (Å²) in [6.07, 6.45) is 10.7. The number of allylic oxidation sites excluding steroid dienone is 4. The second-order valence-corrected chi connectivity index (χ2v) is 11.6. The molecule has 1 aromatic rings. The molecule has 1 aliphatic carbocycles. The van der Waals surface area contributed by atoms with Crippen molar-refractivity contribution >= 4 is 21.3 Å². The van der Waals surface area contributed by atoms with Gasteiger partial charge >= 0.3 is 0 Å². The number of carbonyl (C=O) groups is 1. The summed E-state index contributed by atoms with van der Waals surface area (Å²) in [5, 5.41) is 0. The number of sulfone groups is 1. The molecule has 0 aromatic heterocycles. The van der Waals surface area contributed by atoms with Gasteiger partial charge in [0.05, 0.1) is 16.6 Å². The van der Waals surface area contributed by atoms with Gasteiger partial charge in [0, 0.05) is 25.2 Å². The Labute approximate surface area is 196 Å². The normalized spacial score (nSPS) is 26.3. The van der Waals surface area contributed by atoms with Crippen LogP contribution in [0, 0.1) is 5.92 Å². The topological polar surface area (TPSA) is 57.7 Å². The molecule has 3 aliphatic rings. The highest BCUT2D eigenvalue weighted by Gasteiger charge is 2.34. The fraction of sp³-hybridized carbons (Fsp3) is 0.500. The monoisotopic (exact) mass is 472 g/mol. The minimum Gasteiger partial charge on any atom is -0.338 e. The standard InChI is InChI=1S/C26H33FN2O3S/c1-3-33(31,32)25-12-10-20(11-13-25)21-8-9-22(17-23(27)16-21)26(30)29-15-5-7-24(29)18-28-14-4-6-19(28)2/h8-13,16-17,19,22,24H,3-7,14-15,18H2,1-2H3. The first-order valence-corrected chi connectivity index (χ1v) is 13.6. The van der Waals surface area contributed by atoms with Crippen LogP contribution in [0.5, 0.6) is 0 Å². The van der Waals surface area contributed by atoms with Crippen molar-refractivity contribution in [2.45, 2.75) is 56.5 Å². The molecule has 33 heavy (non-hydrogen) atoms. The number of rotatable bonds is 6. The Morgan fingerprint density at radius 2 is 1.85 bits per heavy atom. The van der Waals surface area contributed by atoms with Gasteiger partial charge in [-0.15, -0.1) is 0 Å². The summed E-state index contributed by atoms with van der Waals surface area (Å²) >= 11 is 0. The van der Waals surface area contributed by atoms with Gasteiger partial charge in [-0.2, -0.15) is 0 Å². The number of amides is 1. The molecule has 4 rings (SSSR count). The van der Waals surface area contributed by atoms with Crippen LogP contribution in [0.1, 0.15) is 45.1 Å². The molecule has 2 aliphatic heterocycles. The van der Waals surface area contributed by atoms with E-state index in [9.17, 15) is 17.6 Å². The minimum atomic E-state index is -3.29. The van der Waals surface area contributed by atoms with Crippen molar-refractivity contribution in [3.8, 4) is 0 Å². The largest absolute Gasteiger partial charge is 0.338 e. The Morgan fingerprint density at radius 3 is 2.52 bits per heavy atom. The third kappa shape index (κ3) is 5.30. The molecule has 3 unspecified atom stereocenters. The van der Waals surface area contributed by atoms with Crippen LogP contribution in [0.15, 0.2) is 59.3 Å². The highest BCUT2D eigenvalue weighted by atomic mass is 32.2. The summed E-state index contributed by atoms with van der Waals surface area (Å²) in [4.78, 5) is 18.0. The quantitative estimate of drug-likeness (QED) is 0.617. The minimum absolute atomic E-state index is 0.0320. The second kappa shape index (κ2) is 9.94. The average Bonchev–Trinajstić information content (AvgIpc) is 3.38. The third-order valence-corrected chi connectivity index (χ3v) is 8.87. The van der Waals surface area contributed by atoms with Gasteiger partial charge in [-0.05, 0) is 74.6 Å². The van der Waals surface area contributed by atoms with E-state index in [-0.39, 0.29) is 22.6 Å². The molecule has 2 fully saturated rings. The first-order valence-electron chi connectivity index (χ1n) is 11.9. The Kier molecular flexibility index (Phi) is 7.19. The predicted octanol–water partition coefficient (Wildman–Crippen LogP) is 4.38. The predicted molar refractivity (Wildman–Crippen MR) is 129 cm³/mol. The molecule has 2 saturated heterocycles. The van der Waals surface area contributed by atoms with Gasteiger partial charge in [-0.1, -0.05) is 31.2 Å². The van der Waals surface area contributed by atoms with E-state index in [1.807, 2.05) is 4.90 Å². The molecule has 1 amide bonds. The lowest BCUT2D eigenvalue weighted by molar-refractivity contribution is -0.133. The first kappa shape index (κ1) is 23.9. The average molecular weight is 473 g/mol. The SMILES string of the molecule is CCS(=O)(=O)c1ccc(C2=CC(F)=CC(C(=O)N3CCCC3CN3CCCC3C)C=C2)cc1. The summed E-state index contributed by atoms with van der Waals surface area (Å²) in [5.41, 5.74) is 1.32. The van der Waals surface area contributed by atoms with Crippen LogP contribution in [0.4, 0.5) is 4.39 Å². The Bertz CT molecular complexity index is 1080. The van der Waals surface area contributed by atoms with E-state index in [0.29, 0.717) is 17.2 Å². The van der Waals surface area contributed by atoms with E-state index in [1.165, 1.54) is 25.0 Å². The number of hydrogen-bond donors (Lipinski definition) is 0. The van der Waals surface area contributed by atoms with Crippen LogP contribution in [-0.2, 0) is 14.6 Å². The molecule has 2 heterocycles. The zero-order valence-electron chi connectivity index (χ0n) is 19.4. The van der Waals surface area contributed by atoms with Crippen LogP contribution >= 0.6 is 0 Å². The highest BCUT2D eigenvalue weighted by Crippen LogP contribution is 2.29. The van der Waals surface area contributed by atoms with Crippen molar-refractivity contribution in [3.05, 3.63) is 60.0 Å². The lowest BCUT2D eigenvalue weighted by atomic mass is 10.0. The van der Waals surface area contributed by atoms with Gasteiger partial charge in [0.25, 0.3) is 0 Å². The van der Waals surface area contributed by atoms with Crippen molar-refractivity contribution in [2.24, 2.45) is 5.92 Å². The van der Waals surface area contributed by atoms with Crippen LogP contribution in [-0.4, -0.2) is 61.6 Å². The molecule has 0 spiro atoms. The lowest BCUT2D eigenvalue weighted by Crippen LogP contribution is -2.45. The maximum Gasteiger partial charge on any atom is 0.233 e. The number of carbonyl (C=O) groups excluding carboxylic acids is 1. The maximum atomic E-state index is 14.7. The maximum absolute atomic E-state index is 14.7. The van der Waals surface area contributed by atoms with Crippen molar-refractivity contribution in [1.29, 1.82) is 0 Å². The first-order chi connectivity index (χ1) is 15.8. The van der Waals surface area contributed by atoms with Crippen molar-refractivity contribution in [3.63, 3.8) is 0 Å². The lowest BCUT2D eigenvalue weighted by Gasteiger charge is -2.32. The number of benzene rings is 1. The molecular formula is C26H33FN2O3S. The van der Waals surface area contributed by atoms with E-state index in [4.69, 9.17) is 0 Å². The Morgan fingerprint density at radius 1 is 1.12 bits per heavy atom. The zero-order valence-corrected chi connectivity index (χ0v) is 20.2.